The fourth-order valence-electron chi connectivity index (χ4n) is 1.36. The van der Waals surface area contributed by atoms with Crippen molar-refractivity contribution in [3.8, 4) is 0 Å². The number of hydrogen-bond acceptors (Lipinski definition) is 7. The quantitative estimate of drug-likeness (QED) is 0.550. The maximum Gasteiger partial charge on any atom is 0.266 e. The van der Waals surface area contributed by atoms with Gasteiger partial charge in [0, 0.05) is 10.7 Å². The second-order valence-corrected chi connectivity index (χ2v) is 6.41. The first-order valence-electron chi connectivity index (χ1n) is 5.36. The van der Waals surface area contributed by atoms with E-state index < -0.39 is 10.0 Å². The minimum atomic E-state index is -3.80. The molecule has 0 amide bonds. The lowest BCUT2D eigenvalue weighted by atomic mass is 10.3. The van der Waals surface area contributed by atoms with E-state index in [4.69, 9.17) is 5.84 Å². The van der Waals surface area contributed by atoms with Gasteiger partial charge < -0.3 is 0 Å². The summed E-state index contributed by atoms with van der Waals surface area (Å²) in [5, 5.41) is 0. The number of anilines is 2. The second kappa shape index (κ2) is 5.69. The van der Waals surface area contributed by atoms with Crippen molar-refractivity contribution in [1.29, 1.82) is 0 Å². The van der Waals surface area contributed by atoms with E-state index in [0.29, 0.717) is 5.56 Å². The Morgan fingerprint density at radius 2 is 1.85 bits per heavy atom. The molecule has 0 atom stereocenters. The molecule has 0 aliphatic carbocycles. The molecule has 0 aromatic carbocycles. The van der Waals surface area contributed by atoms with Crippen molar-refractivity contribution in [2.45, 2.75) is 11.8 Å². The zero-order chi connectivity index (χ0) is 14.8. The Kier molecular flexibility index (Phi) is 4.16. The molecule has 0 fully saturated rings. The highest BCUT2D eigenvalue weighted by atomic mass is 79.9. The van der Waals surface area contributed by atoms with Crippen LogP contribution in [0.3, 0.4) is 0 Å². The van der Waals surface area contributed by atoms with Gasteiger partial charge in [0.05, 0.1) is 12.4 Å². The number of nitrogens with two attached hydrogens (primary N) is 1. The molecule has 2 aromatic heterocycles. The van der Waals surface area contributed by atoms with Crippen LogP contribution in [0, 0.1) is 6.92 Å². The van der Waals surface area contributed by atoms with Gasteiger partial charge in [-0.2, -0.15) is 0 Å². The van der Waals surface area contributed by atoms with Crippen LogP contribution in [0.2, 0.25) is 0 Å². The molecule has 2 rings (SSSR count). The SMILES string of the molecule is Cc1cc(Br)cnc1NS(=O)(=O)c1cnc(NN)nc1. The summed E-state index contributed by atoms with van der Waals surface area (Å²) in [7, 11) is -3.80. The average molecular weight is 359 g/mol. The first-order chi connectivity index (χ1) is 9.42. The maximum atomic E-state index is 12.1. The molecule has 2 heterocycles. The van der Waals surface area contributed by atoms with Gasteiger partial charge >= 0.3 is 0 Å². The molecule has 10 heteroatoms. The summed E-state index contributed by atoms with van der Waals surface area (Å²) in [6, 6.07) is 1.75. The van der Waals surface area contributed by atoms with Crippen molar-refractivity contribution in [3.63, 3.8) is 0 Å². The molecule has 4 N–H and O–H groups in total. The number of aromatic nitrogens is 3. The minimum Gasteiger partial charge on any atom is -0.292 e. The number of rotatable bonds is 4. The standard InChI is InChI=1S/C10H11BrN6O2S/c1-6-2-7(11)3-13-9(6)17-20(18,19)8-4-14-10(16-12)15-5-8/h2-5H,12H2,1H3,(H,13,17)(H,14,15,16). The number of hydrazine groups is 1. The Balaban J connectivity index is 2.30. The summed E-state index contributed by atoms with van der Waals surface area (Å²) in [6.45, 7) is 1.74. The number of nitrogens with zero attached hydrogens (tertiary/aromatic N) is 3. The van der Waals surface area contributed by atoms with Crippen LogP contribution in [0.1, 0.15) is 5.56 Å². The van der Waals surface area contributed by atoms with Crippen LogP contribution in [-0.2, 0) is 10.0 Å². The highest BCUT2D eigenvalue weighted by molar-refractivity contribution is 9.10. The van der Waals surface area contributed by atoms with Gasteiger partial charge in [-0.25, -0.2) is 29.2 Å². The minimum absolute atomic E-state index is 0.0828. The molecular formula is C10H11BrN6O2S. The fourth-order valence-corrected chi connectivity index (χ4v) is 2.78. The first kappa shape index (κ1) is 14.6. The predicted octanol–water partition coefficient (Wildman–Crippen LogP) is 1.03. The topological polar surface area (TPSA) is 123 Å². The van der Waals surface area contributed by atoms with E-state index in [9.17, 15) is 8.42 Å². The van der Waals surface area contributed by atoms with Crippen LogP contribution in [-0.4, -0.2) is 23.4 Å². The third kappa shape index (κ3) is 3.21. The molecule has 0 aliphatic heterocycles. The molecule has 0 unspecified atom stereocenters. The van der Waals surface area contributed by atoms with Gasteiger partial charge in [0.1, 0.15) is 10.7 Å². The molecular weight excluding hydrogens is 348 g/mol. The van der Waals surface area contributed by atoms with Crippen molar-refractivity contribution in [2.24, 2.45) is 5.84 Å². The highest BCUT2D eigenvalue weighted by Gasteiger charge is 2.17. The van der Waals surface area contributed by atoms with Crippen LogP contribution in [0.4, 0.5) is 11.8 Å². The Morgan fingerprint density at radius 3 is 2.40 bits per heavy atom. The Hall–Kier alpha value is -1.78. The van der Waals surface area contributed by atoms with Crippen LogP contribution >= 0.6 is 15.9 Å². The van der Waals surface area contributed by atoms with E-state index in [2.05, 4.69) is 41.0 Å². The number of halogens is 1. The number of aryl methyl sites for hydroxylation is 1. The number of hydrogen-bond donors (Lipinski definition) is 3. The Bertz CT molecular complexity index is 719. The van der Waals surface area contributed by atoms with Gasteiger partial charge in [-0.3, -0.25) is 10.1 Å². The zero-order valence-electron chi connectivity index (χ0n) is 10.3. The normalized spacial score (nSPS) is 11.2. The van der Waals surface area contributed by atoms with Crippen LogP contribution < -0.4 is 16.0 Å². The molecule has 0 saturated carbocycles. The van der Waals surface area contributed by atoms with Gasteiger partial charge in [-0.05, 0) is 34.5 Å². The Labute approximate surface area is 124 Å². The molecule has 0 spiro atoms. The van der Waals surface area contributed by atoms with E-state index in [1.807, 2.05) is 0 Å². The van der Waals surface area contributed by atoms with E-state index in [0.717, 1.165) is 16.9 Å². The number of pyridine rings is 1. The van der Waals surface area contributed by atoms with Gasteiger partial charge in [-0.15, -0.1) is 0 Å². The highest BCUT2D eigenvalue weighted by Crippen LogP contribution is 2.20. The lowest BCUT2D eigenvalue weighted by Gasteiger charge is -2.09. The third-order valence-electron chi connectivity index (χ3n) is 2.34. The summed E-state index contributed by atoms with van der Waals surface area (Å²) in [6.07, 6.45) is 3.81. The summed E-state index contributed by atoms with van der Waals surface area (Å²) in [4.78, 5) is 11.4. The van der Waals surface area contributed by atoms with Crippen molar-refractivity contribution in [2.75, 3.05) is 10.1 Å². The average Bonchev–Trinajstić information content (AvgIpc) is 2.42. The van der Waals surface area contributed by atoms with Crippen molar-refractivity contribution < 1.29 is 8.42 Å². The summed E-state index contributed by atoms with van der Waals surface area (Å²) < 4.78 is 27.4. The predicted molar refractivity (Wildman–Crippen MR) is 77.3 cm³/mol. The zero-order valence-corrected chi connectivity index (χ0v) is 12.7. The molecule has 20 heavy (non-hydrogen) atoms. The maximum absolute atomic E-state index is 12.1. The molecule has 106 valence electrons. The van der Waals surface area contributed by atoms with Crippen molar-refractivity contribution >= 4 is 37.7 Å². The lowest BCUT2D eigenvalue weighted by molar-refractivity contribution is 0.600. The number of nitrogen functional groups attached to an aromatic ring is 1. The van der Waals surface area contributed by atoms with Crippen LogP contribution in [0.15, 0.2) is 34.0 Å². The van der Waals surface area contributed by atoms with Crippen LogP contribution in [0.5, 0.6) is 0 Å². The van der Waals surface area contributed by atoms with Gasteiger partial charge in [0.15, 0.2) is 0 Å². The number of sulfonamides is 1. The van der Waals surface area contributed by atoms with Gasteiger partial charge in [0.2, 0.25) is 5.95 Å². The van der Waals surface area contributed by atoms with E-state index in [-0.39, 0.29) is 16.7 Å². The van der Waals surface area contributed by atoms with Crippen LogP contribution in [0.25, 0.3) is 0 Å². The second-order valence-electron chi connectivity index (χ2n) is 3.81. The molecule has 0 saturated heterocycles. The fraction of sp³-hybridized carbons (Fsp3) is 0.100. The molecule has 8 nitrogen and oxygen atoms in total. The molecule has 0 aliphatic rings. The number of nitrogens with one attached hydrogen (secondary N) is 2. The van der Waals surface area contributed by atoms with E-state index >= 15 is 0 Å². The summed E-state index contributed by atoms with van der Waals surface area (Å²) in [5.41, 5.74) is 2.90. The molecule has 0 radical (unpaired) electrons. The van der Waals surface area contributed by atoms with E-state index in [1.165, 1.54) is 6.20 Å². The molecule has 0 bridgehead atoms. The summed E-state index contributed by atoms with van der Waals surface area (Å²) >= 11 is 3.26. The van der Waals surface area contributed by atoms with Crippen molar-refractivity contribution in [3.05, 3.63) is 34.7 Å². The van der Waals surface area contributed by atoms with Crippen molar-refractivity contribution in [1.82, 2.24) is 15.0 Å². The summed E-state index contributed by atoms with van der Waals surface area (Å²) in [5.74, 6) is 5.48. The first-order valence-corrected chi connectivity index (χ1v) is 7.63. The monoisotopic (exact) mass is 358 g/mol. The lowest BCUT2D eigenvalue weighted by Crippen LogP contribution is -2.16. The van der Waals surface area contributed by atoms with E-state index in [1.54, 1.807) is 13.0 Å². The van der Waals surface area contributed by atoms with Gasteiger partial charge in [0.25, 0.3) is 10.0 Å². The van der Waals surface area contributed by atoms with Gasteiger partial charge in [-0.1, -0.05) is 0 Å². The largest absolute Gasteiger partial charge is 0.292 e. The molecule has 2 aromatic rings. The Morgan fingerprint density at radius 1 is 1.20 bits per heavy atom. The third-order valence-corrected chi connectivity index (χ3v) is 4.07. The smallest absolute Gasteiger partial charge is 0.266 e.